The molecule has 21 heavy (non-hydrogen) atoms. The van der Waals surface area contributed by atoms with Crippen molar-refractivity contribution in [1.82, 2.24) is 10.2 Å². The van der Waals surface area contributed by atoms with Crippen LogP contribution in [0.15, 0.2) is 0 Å². The van der Waals surface area contributed by atoms with Crippen LogP contribution in [0.1, 0.15) is 59.3 Å². The normalized spacial score (nSPS) is 29.7. The van der Waals surface area contributed by atoms with Gasteiger partial charge in [-0.1, -0.05) is 40.0 Å². The maximum Gasteiger partial charge on any atom is 0.0474 e. The molecule has 0 spiro atoms. The van der Waals surface area contributed by atoms with E-state index >= 15 is 0 Å². The Balaban J connectivity index is 1.97. The largest absolute Gasteiger partial charge is 0.385 e. The average Bonchev–Trinajstić information content (AvgIpc) is 2.47. The van der Waals surface area contributed by atoms with Gasteiger partial charge in [-0.2, -0.15) is 0 Å². The number of piperazine rings is 1. The number of hydrogen-bond acceptors (Lipinski definition) is 3. The van der Waals surface area contributed by atoms with E-state index in [4.69, 9.17) is 4.74 Å². The number of nitrogens with zero attached hydrogens (tertiary/aromatic N) is 1. The van der Waals surface area contributed by atoms with Crippen molar-refractivity contribution in [3.05, 3.63) is 0 Å². The van der Waals surface area contributed by atoms with Crippen LogP contribution in [0.25, 0.3) is 0 Å². The molecule has 2 rings (SSSR count). The van der Waals surface area contributed by atoms with Gasteiger partial charge in [-0.05, 0) is 30.6 Å². The topological polar surface area (TPSA) is 24.5 Å². The predicted molar refractivity (Wildman–Crippen MR) is 89.7 cm³/mol. The van der Waals surface area contributed by atoms with Crippen molar-refractivity contribution in [2.45, 2.75) is 71.4 Å². The molecule has 0 amide bonds. The Hall–Kier alpha value is -0.120. The third-order valence-electron chi connectivity index (χ3n) is 5.49. The highest BCUT2D eigenvalue weighted by molar-refractivity contribution is 4.94. The molecule has 1 saturated heterocycles. The molecule has 1 N–H and O–H groups in total. The van der Waals surface area contributed by atoms with Crippen molar-refractivity contribution >= 4 is 0 Å². The van der Waals surface area contributed by atoms with Crippen LogP contribution in [0.2, 0.25) is 0 Å². The number of ether oxygens (including phenoxy) is 1. The summed E-state index contributed by atoms with van der Waals surface area (Å²) in [7, 11) is 1.81. The minimum absolute atomic E-state index is 0.344. The molecular weight excluding hydrogens is 260 g/mol. The highest BCUT2D eigenvalue weighted by Gasteiger charge is 2.37. The quantitative estimate of drug-likeness (QED) is 0.788. The van der Waals surface area contributed by atoms with Gasteiger partial charge in [-0.3, -0.25) is 4.90 Å². The molecule has 2 atom stereocenters. The molecule has 3 heteroatoms. The second kappa shape index (κ2) is 7.94. The monoisotopic (exact) mass is 296 g/mol. The van der Waals surface area contributed by atoms with E-state index < -0.39 is 0 Å². The Morgan fingerprint density at radius 2 is 1.86 bits per heavy atom. The van der Waals surface area contributed by atoms with Gasteiger partial charge in [0.25, 0.3) is 0 Å². The highest BCUT2D eigenvalue weighted by atomic mass is 16.5. The van der Waals surface area contributed by atoms with Gasteiger partial charge in [0.2, 0.25) is 0 Å². The average molecular weight is 296 g/mol. The fourth-order valence-corrected chi connectivity index (χ4v) is 4.06. The fourth-order valence-electron chi connectivity index (χ4n) is 4.06. The van der Waals surface area contributed by atoms with Crippen molar-refractivity contribution in [2.24, 2.45) is 11.3 Å². The molecular formula is C18H36N2O. The van der Waals surface area contributed by atoms with Gasteiger partial charge in [0.15, 0.2) is 0 Å². The van der Waals surface area contributed by atoms with Crippen LogP contribution >= 0.6 is 0 Å². The van der Waals surface area contributed by atoms with Crippen LogP contribution in [0.3, 0.4) is 0 Å². The van der Waals surface area contributed by atoms with Gasteiger partial charge in [-0.25, -0.2) is 0 Å². The van der Waals surface area contributed by atoms with Gasteiger partial charge in [0, 0.05) is 45.4 Å². The molecule has 1 aliphatic heterocycles. The SMILES string of the molecule is COCCCN1CC(C(C)(C)C)NCC1C1CCCCC1. The van der Waals surface area contributed by atoms with Crippen LogP contribution in [-0.2, 0) is 4.74 Å². The summed E-state index contributed by atoms with van der Waals surface area (Å²) in [6, 6.07) is 1.36. The Labute approximate surface area is 131 Å². The lowest BCUT2D eigenvalue weighted by atomic mass is 9.79. The second-order valence-electron chi connectivity index (χ2n) is 8.13. The Kier molecular flexibility index (Phi) is 6.51. The first-order valence-corrected chi connectivity index (χ1v) is 8.98. The molecule has 1 heterocycles. The van der Waals surface area contributed by atoms with Crippen molar-refractivity contribution in [1.29, 1.82) is 0 Å². The summed E-state index contributed by atoms with van der Waals surface area (Å²) < 4.78 is 5.27. The highest BCUT2D eigenvalue weighted by Crippen LogP contribution is 2.32. The predicted octanol–water partition coefficient (Wildman–Crippen LogP) is 3.29. The van der Waals surface area contributed by atoms with Crippen molar-refractivity contribution in [3.63, 3.8) is 0 Å². The zero-order valence-corrected chi connectivity index (χ0v) is 14.7. The van der Waals surface area contributed by atoms with Crippen LogP contribution in [0.5, 0.6) is 0 Å². The maximum absolute atomic E-state index is 5.27. The van der Waals surface area contributed by atoms with E-state index in [0.717, 1.165) is 25.0 Å². The van der Waals surface area contributed by atoms with Crippen molar-refractivity contribution in [2.75, 3.05) is 33.4 Å². The minimum atomic E-state index is 0.344. The number of nitrogens with one attached hydrogen (secondary N) is 1. The lowest BCUT2D eigenvalue weighted by molar-refractivity contribution is 0.0381. The summed E-state index contributed by atoms with van der Waals surface area (Å²) in [5, 5.41) is 3.85. The van der Waals surface area contributed by atoms with E-state index in [-0.39, 0.29) is 0 Å². The Morgan fingerprint density at radius 3 is 2.48 bits per heavy atom. The number of hydrogen-bond donors (Lipinski definition) is 1. The van der Waals surface area contributed by atoms with Crippen LogP contribution in [0, 0.1) is 11.3 Å². The van der Waals surface area contributed by atoms with Gasteiger partial charge in [-0.15, -0.1) is 0 Å². The molecule has 124 valence electrons. The van der Waals surface area contributed by atoms with E-state index in [0.29, 0.717) is 11.5 Å². The molecule has 2 aliphatic rings. The molecule has 2 fully saturated rings. The van der Waals surface area contributed by atoms with E-state index in [1.165, 1.54) is 51.7 Å². The molecule has 0 radical (unpaired) electrons. The summed E-state index contributed by atoms with van der Waals surface area (Å²) in [6.45, 7) is 11.6. The summed E-state index contributed by atoms with van der Waals surface area (Å²) in [4.78, 5) is 2.78. The van der Waals surface area contributed by atoms with Gasteiger partial charge in [0.1, 0.15) is 0 Å². The van der Waals surface area contributed by atoms with Crippen molar-refractivity contribution < 1.29 is 4.74 Å². The lowest BCUT2D eigenvalue weighted by Crippen LogP contribution is -2.62. The second-order valence-corrected chi connectivity index (χ2v) is 8.13. The number of methoxy groups -OCH3 is 1. The zero-order chi connectivity index (χ0) is 15.3. The molecule has 1 aliphatic carbocycles. The van der Waals surface area contributed by atoms with E-state index in [9.17, 15) is 0 Å². The molecule has 3 nitrogen and oxygen atoms in total. The van der Waals surface area contributed by atoms with Gasteiger partial charge in [0.05, 0.1) is 0 Å². The smallest absolute Gasteiger partial charge is 0.0474 e. The number of rotatable bonds is 5. The van der Waals surface area contributed by atoms with Crippen LogP contribution in [0.4, 0.5) is 0 Å². The molecule has 1 saturated carbocycles. The zero-order valence-electron chi connectivity index (χ0n) is 14.7. The molecule has 2 unspecified atom stereocenters. The third-order valence-corrected chi connectivity index (χ3v) is 5.49. The standard InChI is InChI=1S/C18H36N2O/c1-18(2,3)17-14-20(11-8-12-21-4)16(13-19-17)15-9-6-5-7-10-15/h15-17,19H,5-14H2,1-4H3. The van der Waals surface area contributed by atoms with Gasteiger partial charge >= 0.3 is 0 Å². The third kappa shape index (κ3) is 4.94. The first-order valence-electron chi connectivity index (χ1n) is 8.98. The Bertz CT molecular complexity index is 294. The first-order chi connectivity index (χ1) is 10.0. The maximum atomic E-state index is 5.27. The van der Waals surface area contributed by atoms with E-state index in [1.807, 2.05) is 7.11 Å². The van der Waals surface area contributed by atoms with E-state index in [2.05, 4.69) is 31.0 Å². The van der Waals surface area contributed by atoms with E-state index in [1.54, 1.807) is 0 Å². The van der Waals surface area contributed by atoms with Crippen LogP contribution in [-0.4, -0.2) is 50.3 Å². The summed E-state index contributed by atoms with van der Waals surface area (Å²) >= 11 is 0. The molecule has 0 aromatic carbocycles. The summed E-state index contributed by atoms with van der Waals surface area (Å²) in [6.07, 6.45) is 8.37. The Morgan fingerprint density at radius 1 is 1.14 bits per heavy atom. The molecule has 0 aromatic heterocycles. The lowest BCUT2D eigenvalue weighted by Gasteiger charge is -2.48. The first kappa shape index (κ1) is 17.2. The van der Waals surface area contributed by atoms with Crippen LogP contribution < -0.4 is 5.32 Å². The molecule has 0 aromatic rings. The summed E-state index contributed by atoms with van der Waals surface area (Å²) in [5.74, 6) is 0.912. The van der Waals surface area contributed by atoms with Gasteiger partial charge < -0.3 is 10.1 Å². The fraction of sp³-hybridized carbons (Fsp3) is 1.00. The van der Waals surface area contributed by atoms with Crippen molar-refractivity contribution in [3.8, 4) is 0 Å². The summed E-state index contributed by atoms with van der Waals surface area (Å²) in [5.41, 5.74) is 0.344. The minimum Gasteiger partial charge on any atom is -0.385 e. The molecule has 0 bridgehead atoms.